The number of carbonyl (C=O) groups is 2. The zero-order chi connectivity index (χ0) is 18.2. The number of ether oxygens (including phenoxy) is 1. The Kier molecular flexibility index (Phi) is 6.33. The fraction of sp³-hybridized carbons (Fsp3) is 0.278. The zero-order valence-corrected chi connectivity index (χ0v) is 14.6. The summed E-state index contributed by atoms with van der Waals surface area (Å²) >= 11 is 0. The second kappa shape index (κ2) is 8.68. The Hall–Kier alpha value is -3.09. The first-order valence-electron chi connectivity index (χ1n) is 7.84. The van der Waals surface area contributed by atoms with Crippen molar-refractivity contribution in [2.75, 3.05) is 44.5 Å². The molecule has 0 unspecified atom stereocenters. The van der Waals surface area contributed by atoms with Gasteiger partial charge in [-0.05, 0) is 18.2 Å². The minimum absolute atomic E-state index is 0.364. The number of amides is 2. The highest BCUT2D eigenvalue weighted by Crippen LogP contribution is 2.13. The number of rotatable bonds is 6. The summed E-state index contributed by atoms with van der Waals surface area (Å²) in [6.07, 6.45) is 1.50. The highest BCUT2D eigenvalue weighted by molar-refractivity contribution is 6.39. The van der Waals surface area contributed by atoms with Crippen molar-refractivity contribution in [3.8, 4) is 5.88 Å². The van der Waals surface area contributed by atoms with E-state index in [-0.39, 0.29) is 0 Å². The van der Waals surface area contributed by atoms with Crippen LogP contribution in [0.3, 0.4) is 0 Å². The number of para-hydroxylation sites is 1. The molecule has 0 aliphatic heterocycles. The van der Waals surface area contributed by atoms with Gasteiger partial charge >= 0.3 is 11.8 Å². The molecule has 7 nitrogen and oxygen atoms in total. The molecule has 0 spiro atoms. The van der Waals surface area contributed by atoms with Gasteiger partial charge in [0.1, 0.15) is 0 Å². The van der Waals surface area contributed by atoms with E-state index in [1.807, 2.05) is 42.3 Å². The summed E-state index contributed by atoms with van der Waals surface area (Å²) in [5.74, 6) is -0.932. The van der Waals surface area contributed by atoms with Gasteiger partial charge in [-0.3, -0.25) is 9.59 Å². The van der Waals surface area contributed by atoms with Gasteiger partial charge in [0.05, 0.1) is 7.11 Å². The predicted molar refractivity (Wildman–Crippen MR) is 96.8 cm³/mol. The van der Waals surface area contributed by atoms with E-state index >= 15 is 0 Å². The fourth-order valence-corrected chi connectivity index (χ4v) is 2.17. The maximum Gasteiger partial charge on any atom is 0.313 e. The summed E-state index contributed by atoms with van der Waals surface area (Å²) in [7, 11) is 5.03. The predicted octanol–water partition coefficient (Wildman–Crippen LogP) is 1.62. The van der Waals surface area contributed by atoms with Crippen LogP contribution in [-0.2, 0) is 9.59 Å². The van der Waals surface area contributed by atoms with E-state index < -0.39 is 11.8 Å². The Bertz CT molecular complexity index is 721. The maximum atomic E-state index is 12.2. The van der Waals surface area contributed by atoms with Crippen molar-refractivity contribution in [3.63, 3.8) is 0 Å². The molecule has 0 atom stereocenters. The fourth-order valence-electron chi connectivity index (χ4n) is 2.17. The first-order valence-corrected chi connectivity index (χ1v) is 7.84. The standard InChI is InChI=1S/C18H22N4O3/c1-21(15-7-5-4-6-8-15)11-12-22(2)18(24)17(23)20-14-9-10-19-16(13-14)25-3/h4-10,13H,11-12H2,1-3H3,(H,19,20,23). The van der Waals surface area contributed by atoms with Gasteiger partial charge in [-0.2, -0.15) is 0 Å². The van der Waals surface area contributed by atoms with Gasteiger partial charge in [-0.25, -0.2) is 4.98 Å². The van der Waals surface area contributed by atoms with Crippen molar-refractivity contribution >= 4 is 23.2 Å². The second-order valence-electron chi connectivity index (χ2n) is 5.52. The van der Waals surface area contributed by atoms with Gasteiger partial charge in [0.2, 0.25) is 5.88 Å². The van der Waals surface area contributed by atoms with Gasteiger partial charge in [0, 0.05) is 50.8 Å². The normalized spacial score (nSPS) is 10.0. The van der Waals surface area contributed by atoms with Gasteiger partial charge < -0.3 is 19.9 Å². The van der Waals surface area contributed by atoms with Crippen molar-refractivity contribution in [3.05, 3.63) is 48.7 Å². The third-order valence-electron chi connectivity index (χ3n) is 3.71. The van der Waals surface area contributed by atoms with Gasteiger partial charge in [0.15, 0.2) is 0 Å². The molecule has 0 bridgehead atoms. The molecule has 1 aromatic heterocycles. The monoisotopic (exact) mass is 342 g/mol. The largest absolute Gasteiger partial charge is 0.481 e. The smallest absolute Gasteiger partial charge is 0.313 e. The average molecular weight is 342 g/mol. The number of likely N-dealkylation sites (N-methyl/N-ethyl adjacent to an activating group) is 2. The molecule has 132 valence electrons. The van der Waals surface area contributed by atoms with Crippen LogP contribution in [0, 0.1) is 0 Å². The zero-order valence-electron chi connectivity index (χ0n) is 14.6. The lowest BCUT2D eigenvalue weighted by Crippen LogP contribution is -2.40. The molecule has 7 heteroatoms. The first kappa shape index (κ1) is 18.3. The van der Waals surface area contributed by atoms with Crippen LogP contribution in [-0.4, -0.2) is 56.0 Å². The number of pyridine rings is 1. The summed E-state index contributed by atoms with van der Waals surface area (Å²) in [5.41, 5.74) is 1.51. The third kappa shape index (κ3) is 5.20. The van der Waals surface area contributed by atoms with Crippen molar-refractivity contribution in [1.82, 2.24) is 9.88 Å². The molecule has 2 rings (SSSR count). The number of nitrogens with zero attached hydrogens (tertiary/aromatic N) is 3. The number of hydrogen-bond acceptors (Lipinski definition) is 5. The molecule has 0 aliphatic rings. The molecule has 0 saturated heterocycles. The Morgan fingerprint density at radius 1 is 1.12 bits per heavy atom. The molecule has 25 heavy (non-hydrogen) atoms. The molecular formula is C18H22N4O3. The molecular weight excluding hydrogens is 320 g/mol. The number of carbonyl (C=O) groups excluding carboxylic acids is 2. The summed E-state index contributed by atoms with van der Waals surface area (Å²) in [4.78, 5) is 31.7. The highest BCUT2D eigenvalue weighted by Gasteiger charge is 2.19. The number of benzene rings is 1. The van der Waals surface area contributed by atoms with Gasteiger partial charge in [-0.1, -0.05) is 18.2 Å². The molecule has 0 radical (unpaired) electrons. The summed E-state index contributed by atoms with van der Waals surface area (Å²) < 4.78 is 4.99. The molecule has 1 N–H and O–H groups in total. The van der Waals surface area contributed by atoms with Crippen LogP contribution in [0.25, 0.3) is 0 Å². The van der Waals surface area contributed by atoms with Crippen LogP contribution in [0.1, 0.15) is 0 Å². The van der Waals surface area contributed by atoms with E-state index in [0.29, 0.717) is 24.7 Å². The van der Waals surface area contributed by atoms with Crippen LogP contribution in [0.4, 0.5) is 11.4 Å². The van der Waals surface area contributed by atoms with Crippen molar-refractivity contribution in [2.45, 2.75) is 0 Å². The van der Waals surface area contributed by atoms with Crippen LogP contribution in [0.5, 0.6) is 5.88 Å². The third-order valence-corrected chi connectivity index (χ3v) is 3.71. The van der Waals surface area contributed by atoms with E-state index in [4.69, 9.17) is 4.74 Å². The molecule has 0 aliphatic carbocycles. The van der Waals surface area contributed by atoms with E-state index in [1.165, 1.54) is 18.2 Å². The highest BCUT2D eigenvalue weighted by atomic mass is 16.5. The SMILES string of the molecule is COc1cc(NC(=O)C(=O)N(C)CCN(C)c2ccccc2)ccn1. The van der Waals surface area contributed by atoms with E-state index in [0.717, 1.165) is 5.69 Å². The Morgan fingerprint density at radius 2 is 1.84 bits per heavy atom. The number of methoxy groups -OCH3 is 1. The topological polar surface area (TPSA) is 74.8 Å². The quantitative estimate of drug-likeness (QED) is 0.808. The number of nitrogens with one attached hydrogen (secondary N) is 1. The van der Waals surface area contributed by atoms with E-state index in [2.05, 4.69) is 10.3 Å². The minimum atomic E-state index is -0.696. The van der Waals surface area contributed by atoms with Crippen molar-refractivity contribution in [2.24, 2.45) is 0 Å². The molecule has 2 amide bonds. The van der Waals surface area contributed by atoms with Crippen LogP contribution >= 0.6 is 0 Å². The number of anilines is 2. The Morgan fingerprint density at radius 3 is 2.52 bits per heavy atom. The van der Waals surface area contributed by atoms with E-state index in [9.17, 15) is 9.59 Å². The maximum absolute atomic E-state index is 12.2. The Balaban J connectivity index is 1.87. The average Bonchev–Trinajstić information content (AvgIpc) is 2.65. The minimum Gasteiger partial charge on any atom is -0.481 e. The van der Waals surface area contributed by atoms with Crippen molar-refractivity contribution < 1.29 is 14.3 Å². The molecule has 1 aromatic carbocycles. The summed E-state index contributed by atoms with van der Waals surface area (Å²) in [6.45, 7) is 1.04. The lowest BCUT2D eigenvalue weighted by atomic mass is 10.3. The summed E-state index contributed by atoms with van der Waals surface area (Å²) in [6, 6.07) is 13.0. The van der Waals surface area contributed by atoms with E-state index in [1.54, 1.807) is 19.2 Å². The lowest BCUT2D eigenvalue weighted by molar-refractivity contribution is -0.142. The molecule has 0 fully saturated rings. The van der Waals surface area contributed by atoms with Crippen molar-refractivity contribution in [1.29, 1.82) is 0 Å². The first-order chi connectivity index (χ1) is 12.0. The molecule has 1 heterocycles. The summed E-state index contributed by atoms with van der Waals surface area (Å²) in [5, 5.41) is 2.55. The van der Waals surface area contributed by atoms with Gasteiger partial charge in [-0.15, -0.1) is 0 Å². The van der Waals surface area contributed by atoms with Crippen LogP contribution < -0.4 is 15.0 Å². The Labute approximate surface area is 147 Å². The number of hydrogen-bond donors (Lipinski definition) is 1. The van der Waals surface area contributed by atoms with Crippen LogP contribution in [0.2, 0.25) is 0 Å². The lowest BCUT2D eigenvalue weighted by Gasteiger charge is -2.23. The molecule has 2 aromatic rings. The second-order valence-corrected chi connectivity index (χ2v) is 5.52. The van der Waals surface area contributed by atoms with Gasteiger partial charge in [0.25, 0.3) is 0 Å². The van der Waals surface area contributed by atoms with Crippen LogP contribution in [0.15, 0.2) is 48.7 Å². The number of aromatic nitrogens is 1. The molecule has 0 saturated carbocycles.